The van der Waals surface area contributed by atoms with E-state index < -0.39 is 10.4 Å². The Bertz CT molecular complexity index is 467. The Morgan fingerprint density at radius 3 is 2.47 bits per heavy atom. The van der Waals surface area contributed by atoms with Crippen molar-refractivity contribution in [3.8, 4) is 0 Å². The summed E-state index contributed by atoms with van der Waals surface area (Å²) in [6.45, 7) is 5.60. The summed E-state index contributed by atoms with van der Waals surface area (Å²) in [5.74, 6) is 0. The van der Waals surface area contributed by atoms with Crippen molar-refractivity contribution in [1.82, 2.24) is 0 Å². The fourth-order valence-corrected chi connectivity index (χ4v) is 1.84. The van der Waals surface area contributed by atoms with Crippen molar-refractivity contribution < 1.29 is 17.2 Å². The summed E-state index contributed by atoms with van der Waals surface area (Å²) >= 11 is 0. The van der Waals surface area contributed by atoms with Gasteiger partial charge in [-0.05, 0) is 12.0 Å². The number of hydrogen-bond acceptors (Lipinski definition) is 3. The molecule has 1 aromatic rings. The van der Waals surface area contributed by atoms with Crippen molar-refractivity contribution >= 4 is 10.4 Å². The average molecular weight is 256 g/mol. The van der Waals surface area contributed by atoms with Gasteiger partial charge in [-0.3, -0.25) is 4.55 Å². The second-order valence-electron chi connectivity index (χ2n) is 3.99. The highest BCUT2D eigenvalue weighted by molar-refractivity contribution is 7.80. The van der Waals surface area contributed by atoms with Crippen molar-refractivity contribution in [2.45, 2.75) is 18.8 Å². The van der Waals surface area contributed by atoms with Gasteiger partial charge in [0.2, 0.25) is 0 Å². The summed E-state index contributed by atoms with van der Waals surface area (Å²) in [5, 5.41) is 0. The third kappa shape index (κ3) is 4.30. The molecule has 0 aromatic heterocycles. The van der Waals surface area contributed by atoms with Gasteiger partial charge in [0.25, 0.3) is 0 Å². The van der Waals surface area contributed by atoms with Gasteiger partial charge >= 0.3 is 10.4 Å². The third-order valence-corrected chi connectivity index (χ3v) is 3.20. The molecule has 0 fully saturated rings. The quantitative estimate of drug-likeness (QED) is 0.626. The molecule has 0 saturated carbocycles. The van der Waals surface area contributed by atoms with E-state index in [1.807, 2.05) is 37.3 Å². The summed E-state index contributed by atoms with van der Waals surface area (Å²) in [7, 11) is -4.37. The molecule has 0 saturated heterocycles. The van der Waals surface area contributed by atoms with E-state index in [-0.39, 0.29) is 12.0 Å². The average Bonchev–Trinajstić information content (AvgIpc) is 2.28. The predicted octanol–water partition coefficient (Wildman–Crippen LogP) is 2.34. The molecule has 0 heterocycles. The second-order valence-corrected chi connectivity index (χ2v) is 5.08. The molecular formula is C12H16O4S. The predicted molar refractivity (Wildman–Crippen MR) is 66.1 cm³/mol. The van der Waals surface area contributed by atoms with Crippen LogP contribution in [0.15, 0.2) is 43.0 Å². The van der Waals surface area contributed by atoms with Crippen LogP contribution < -0.4 is 0 Å². The van der Waals surface area contributed by atoms with E-state index in [1.165, 1.54) is 0 Å². The maximum absolute atomic E-state index is 10.4. The van der Waals surface area contributed by atoms with Crippen LogP contribution in [-0.2, 0) is 20.0 Å². The number of rotatable bonds is 6. The molecule has 1 atom stereocenters. The number of benzene rings is 1. The van der Waals surface area contributed by atoms with Crippen LogP contribution in [0, 0.1) is 0 Å². The normalized spacial score (nSPS) is 15.2. The summed E-state index contributed by atoms with van der Waals surface area (Å²) in [6.07, 6.45) is 2.16. The molecule has 0 aliphatic carbocycles. The fourth-order valence-electron chi connectivity index (χ4n) is 1.54. The van der Waals surface area contributed by atoms with Crippen molar-refractivity contribution in [3.63, 3.8) is 0 Å². The maximum atomic E-state index is 10.4. The SMILES string of the molecule is C=CC(C)(CCOS(=O)(=O)O)c1ccccc1. The lowest BCUT2D eigenvalue weighted by atomic mass is 9.80. The van der Waals surface area contributed by atoms with Crippen LogP contribution in [-0.4, -0.2) is 19.6 Å². The standard InChI is InChI=1S/C12H16O4S/c1-3-12(2,9-10-16-17(13,14)15)11-7-5-4-6-8-11/h3-8H,1,9-10H2,2H3,(H,13,14,15). The molecule has 4 nitrogen and oxygen atoms in total. The largest absolute Gasteiger partial charge is 0.397 e. The van der Waals surface area contributed by atoms with Crippen LogP contribution in [0.4, 0.5) is 0 Å². The molecule has 5 heteroatoms. The van der Waals surface area contributed by atoms with E-state index in [0.717, 1.165) is 5.56 Å². The first-order valence-corrected chi connectivity index (χ1v) is 6.55. The lowest BCUT2D eigenvalue weighted by molar-refractivity contribution is 0.248. The van der Waals surface area contributed by atoms with Crippen LogP contribution in [0.5, 0.6) is 0 Å². The van der Waals surface area contributed by atoms with Gasteiger partial charge in [0.1, 0.15) is 0 Å². The molecule has 17 heavy (non-hydrogen) atoms. The zero-order chi connectivity index (χ0) is 12.9. The molecule has 0 amide bonds. The summed E-state index contributed by atoms with van der Waals surface area (Å²) in [4.78, 5) is 0. The molecule has 94 valence electrons. The highest BCUT2D eigenvalue weighted by atomic mass is 32.3. The molecule has 1 unspecified atom stereocenters. The van der Waals surface area contributed by atoms with Crippen LogP contribution in [0.2, 0.25) is 0 Å². The van der Waals surface area contributed by atoms with Crippen molar-refractivity contribution in [2.75, 3.05) is 6.61 Å². The Balaban J connectivity index is 2.74. The minimum Gasteiger partial charge on any atom is -0.264 e. The van der Waals surface area contributed by atoms with E-state index in [0.29, 0.717) is 6.42 Å². The summed E-state index contributed by atoms with van der Waals surface area (Å²) in [5.41, 5.74) is 0.639. The zero-order valence-electron chi connectivity index (χ0n) is 9.67. The van der Waals surface area contributed by atoms with E-state index in [1.54, 1.807) is 6.08 Å². The van der Waals surface area contributed by atoms with Crippen molar-refractivity contribution in [2.24, 2.45) is 0 Å². The van der Waals surface area contributed by atoms with Crippen LogP contribution in [0.1, 0.15) is 18.9 Å². The molecule has 0 aliphatic rings. The van der Waals surface area contributed by atoms with Gasteiger partial charge in [0.15, 0.2) is 0 Å². The second kappa shape index (κ2) is 5.44. The molecule has 0 aliphatic heterocycles. The van der Waals surface area contributed by atoms with Gasteiger partial charge in [-0.2, -0.15) is 8.42 Å². The van der Waals surface area contributed by atoms with Gasteiger partial charge < -0.3 is 0 Å². The van der Waals surface area contributed by atoms with Crippen LogP contribution >= 0.6 is 0 Å². The lowest BCUT2D eigenvalue weighted by Crippen LogP contribution is -2.22. The van der Waals surface area contributed by atoms with Gasteiger partial charge in [0, 0.05) is 5.41 Å². The van der Waals surface area contributed by atoms with Crippen LogP contribution in [0.3, 0.4) is 0 Å². The Hall–Kier alpha value is -1.17. The maximum Gasteiger partial charge on any atom is 0.397 e. The topological polar surface area (TPSA) is 63.6 Å². The van der Waals surface area contributed by atoms with Gasteiger partial charge in [-0.25, -0.2) is 4.18 Å². The molecule has 1 rings (SSSR count). The monoisotopic (exact) mass is 256 g/mol. The zero-order valence-corrected chi connectivity index (χ0v) is 10.5. The van der Waals surface area contributed by atoms with E-state index in [2.05, 4.69) is 10.8 Å². The van der Waals surface area contributed by atoms with Gasteiger partial charge in [-0.15, -0.1) is 6.58 Å². The molecule has 0 radical (unpaired) electrons. The van der Waals surface area contributed by atoms with E-state index in [4.69, 9.17) is 4.55 Å². The lowest BCUT2D eigenvalue weighted by Gasteiger charge is -2.25. The molecular weight excluding hydrogens is 240 g/mol. The molecule has 1 aromatic carbocycles. The smallest absolute Gasteiger partial charge is 0.264 e. The molecule has 0 spiro atoms. The minimum atomic E-state index is -4.37. The Morgan fingerprint density at radius 1 is 1.41 bits per heavy atom. The third-order valence-electron chi connectivity index (χ3n) is 2.74. The van der Waals surface area contributed by atoms with Gasteiger partial charge in [-0.1, -0.05) is 43.3 Å². The number of hydrogen-bond donors (Lipinski definition) is 1. The van der Waals surface area contributed by atoms with E-state index >= 15 is 0 Å². The highest BCUT2D eigenvalue weighted by Gasteiger charge is 2.23. The first kappa shape index (κ1) is 13.9. The van der Waals surface area contributed by atoms with E-state index in [9.17, 15) is 8.42 Å². The van der Waals surface area contributed by atoms with Gasteiger partial charge in [0.05, 0.1) is 6.61 Å². The summed E-state index contributed by atoms with van der Waals surface area (Å²) in [6, 6.07) is 9.59. The van der Waals surface area contributed by atoms with Crippen molar-refractivity contribution in [3.05, 3.63) is 48.6 Å². The Kier molecular flexibility index (Phi) is 4.45. The minimum absolute atomic E-state index is 0.0871. The Morgan fingerprint density at radius 2 is 2.00 bits per heavy atom. The fraction of sp³-hybridized carbons (Fsp3) is 0.333. The Labute approximate surface area is 102 Å². The highest BCUT2D eigenvalue weighted by Crippen LogP contribution is 2.28. The van der Waals surface area contributed by atoms with Crippen molar-refractivity contribution in [1.29, 1.82) is 0 Å². The van der Waals surface area contributed by atoms with Crippen LogP contribution in [0.25, 0.3) is 0 Å². The molecule has 0 bridgehead atoms. The first-order valence-electron chi connectivity index (χ1n) is 5.18. The summed E-state index contributed by atoms with van der Waals surface area (Å²) < 4.78 is 33.7. The first-order chi connectivity index (χ1) is 7.87. The number of allylic oxidation sites excluding steroid dienone is 1. The molecule has 1 N–H and O–H groups in total.